The number of carbonyl (C=O) groups excluding carboxylic acids is 2. The van der Waals surface area contributed by atoms with Gasteiger partial charge in [0.15, 0.2) is 0 Å². The number of hydrogen-bond acceptors (Lipinski definition) is 7. The minimum absolute atomic E-state index is 0.0115. The molecule has 11 nitrogen and oxygen atoms in total. The Morgan fingerprint density at radius 3 is 2.51 bits per heavy atom. The Morgan fingerprint density at radius 1 is 1.12 bits per heavy atom. The summed E-state index contributed by atoms with van der Waals surface area (Å²) in [5, 5.41) is 19.0. The van der Waals surface area contributed by atoms with Gasteiger partial charge in [0.1, 0.15) is 22.7 Å². The highest BCUT2D eigenvalue weighted by Crippen LogP contribution is 2.43. The first-order valence-corrected chi connectivity index (χ1v) is 15.2. The largest absolute Gasteiger partial charge is 0.494 e. The van der Waals surface area contributed by atoms with E-state index in [1.165, 1.54) is 43.5 Å². The molecule has 1 aliphatic rings. The Hall–Kier alpha value is -5.25. The number of methoxy groups -OCH3 is 1. The minimum Gasteiger partial charge on any atom is -0.494 e. The summed E-state index contributed by atoms with van der Waals surface area (Å²) in [7, 11) is 1.37. The van der Waals surface area contributed by atoms with Crippen molar-refractivity contribution in [2.75, 3.05) is 20.3 Å². The van der Waals surface area contributed by atoms with Crippen LogP contribution in [-0.4, -0.2) is 62.7 Å². The number of hydrogen-bond donors (Lipinski definition) is 3. The number of aliphatic hydroxyl groups is 1. The average Bonchev–Trinajstić information content (AvgIpc) is 3.66. The molecule has 3 heterocycles. The quantitative estimate of drug-likeness (QED) is 0.149. The van der Waals surface area contributed by atoms with Gasteiger partial charge in [-0.1, -0.05) is 12.1 Å². The van der Waals surface area contributed by atoms with Crippen LogP contribution in [0.15, 0.2) is 54.9 Å². The molecule has 2 amide bonds. The van der Waals surface area contributed by atoms with Gasteiger partial charge < -0.3 is 25.6 Å². The van der Waals surface area contributed by atoms with Crippen molar-refractivity contribution in [1.29, 1.82) is 0 Å². The Bertz CT molecular complexity index is 2070. The Labute approximate surface area is 275 Å². The van der Waals surface area contributed by atoms with Gasteiger partial charge in [-0.05, 0) is 55.5 Å². The molecule has 49 heavy (non-hydrogen) atoms. The number of nitrogens with two attached hydrogens (primary N) is 1. The third-order valence-corrected chi connectivity index (χ3v) is 8.30. The van der Waals surface area contributed by atoms with Crippen LogP contribution in [0.2, 0.25) is 0 Å². The first-order chi connectivity index (χ1) is 23.2. The Kier molecular flexibility index (Phi) is 8.69. The summed E-state index contributed by atoms with van der Waals surface area (Å²) in [6.45, 7) is -2.73. The molecule has 0 radical (unpaired) electrons. The van der Waals surface area contributed by atoms with E-state index < -0.39 is 48.8 Å². The van der Waals surface area contributed by atoms with E-state index in [0.717, 1.165) is 25.1 Å². The van der Waals surface area contributed by atoms with Gasteiger partial charge in [-0.15, -0.1) is 0 Å². The molecule has 0 unspecified atom stereocenters. The maximum Gasteiger partial charge on any atom is 0.424 e. The van der Waals surface area contributed by atoms with Gasteiger partial charge in [0, 0.05) is 34.5 Å². The summed E-state index contributed by atoms with van der Waals surface area (Å²) in [6.07, 6.45) is -1.26. The summed E-state index contributed by atoms with van der Waals surface area (Å²) in [6, 6.07) is 9.47. The number of rotatable bonds is 12. The molecule has 1 atom stereocenters. The average molecular weight is 687 g/mol. The lowest BCUT2D eigenvalue weighted by Crippen LogP contribution is -2.51. The van der Waals surface area contributed by atoms with Gasteiger partial charge in [-0.2, -0.15) is 27.1 Å². The van der Waals surface area contributed by atoms with Crippen molar-refractivity contribution in [3.05, 3.63) is 71.7 Å². The molecule has 4 N–H and O–H groups in total. The number of benzene rings is 2. The number of alkyl halides is 5. The number of ether oxygens (including phenoxy) is 2. The van der Waals surface area contributed by atoms with Gasteiger partial charge in [0.2, 0.25) is 11.5 Å². The summed E-state index contributed by atoms with van der Waals surface area (Å²) in [4.78, 5) is 29.5. The summed E-state index contributed by atoms with van der Waals surface area (Å²) in [5.41, 5.74) is 0.766. The zero-order valence-corrected chi connectivity index (χ0v) is 26.2. The number of fused-ring (bicyclic) bond motifs is 2. The highest BCUT2D eigenvalue weighted by atomic mass is 19.4. The second-order valence-electron chi connectivity index (χ2n) is 11.7. The van der Waals surface area contributed by atoms with Gasteiger partial charge in [-0.25, -0.2) is 4.98 Å². The fourth-order valence-electron chi connectivity index (χ4n) is 5.67. The van der Waals surface area contributed by atoms with Crippen molar-refractivity contribution in [2.24, 2.45) is 5.73 Å². The molecule has 1 fully saturated rings. The first-order valence-electron chi connectivity index (χ1n) is 15.2. The highest BCUT2D eigenvalue weighted by molar-refractivity contribution is 6.00. The smallest absolute Gasteiger partial charge is 0.424 e. The zero-order chi connectivity index (χ0) is 35.2. The second-order valence-corrected chi connectivity index (χ2v) is 11.7. The van der Waals surface area contributed by atoms with Crippen molar-refractivity contribution in [3.63, 3.8) is 0 Å². The fourth-order valence-corrected chi connectivity index (χ4v) is 5.67. The van der Waals surface area contributed by atoms with E-state index in [4.69, 9.17) is 15.2 Å². The predicted octanol–water partition coefficient (Wildman–Crippen LogP) is 5.40. The number of carbonyl (C=O) groups is 2. The number of nitrogens with one attached hydrogen (secondary N) is 1. The summed E-state index contributed by atoms with van der Waals surface area (Å²) >= 11 is 0. The van der Waals surface area contributed by atoms with Crippen LogP contribution in [-0.2, 0) is 16.8 Å². The van der Waals surface area contributed by atoms with Crippen LogP contribution < -0.4 is 20.5 Å². The van der Waals surface area contributed by atoms with E-state index >= 15 is 0 Å². The molecular weight excluding hydrogens is 655 g/mol. The molecule has 1 aliphatic carbocycles. The standard InChI is InChI=1S/C33H31F5N6O5/c1-3-49-29-19(14-26(39)45)13-25(41-28(29)18-5-4-17-8-9-43(31(34)35)23(17)11-18)32(47,33(36,37)38)16-40-30(46)20-10-21-15-44(22-6-7-22)42-27(21)24(12-20)48-2/h4-5,8-13,15,22,31,47H,3,6-7,14,16H2,1-2H3,(H2,39,45)(H,40,46)/t32-/m0/s1. The lowest BCUT2D eigenvalue weighted by Gasteiger charge is -2.31. The maximum absolute atomic E-state index is 14.9. The van der Waals surface area contributed by atoms with E-state index in [1.54, 1.807) is 17.8 Å². The van der Waals surface area contributed by atoms with Gasteiger partial charge in [0.25, 0.3) is 5.91 Å². The lowest BCUT2D eigenvalue weighted by molar-refractivity contribution is -0.265. The normalized spacial score (nSPS) is 14.7. The van der Waals surface area contributed by atoms with Crippen LogP contribution in [0, 0.1) is 0 Å². The second kappa shape index (κ2) is 12.7. The van der Waals surface area contributed by atoms with E-state index in [9.17, 15) is 36.6 Å². The SMILES string of the molecule is CCOc1c(CC(N)=O)cc([C@@](O)(CNC(=O)c2cc(OC)c3nn(C4CC4)cc3c2)C(F)(F)F)nc1-c1ccc2ccn(C(F)F)c2c1. The van der Waals surface area contributed by atoms with E-state index in [1.807, 2.05) is 0 Å². The molecule has 2 aromatic carbocycles. The number of pyridine rings is 1. The molecule has 0 aliphatic heterocycles. The van der Waals surface area contributed by atoms with Crippen LogP contribution in [0.1, 0.15) is 54.0 Å². The maximum atomic E-state index is 14.9. The van der Waals surface area contributed by atoms with Crippen molar-refractivity contribution in [1.82, 2.24) is 24.6 Å². The topological polar surface area (TPSA) is 147 Å². The fraction of sp³-hybridized carbons (Fsp3) is 0.333. The molecule has 3 aromatic heterocycles. The number of aromatic nitrogens is 4. The van der Waals surface area contributed by atoms with E-state index in [0.29, 0.717) is 20.9 Å². The predicted molar refractivity (Wildman–Crippen MR) is 167 cm³/mol. The van der Waals surface area contributed by atoms with Gasteiger partial charge in [0.05, 0.1) is 43.9 Å². The molecule has 6 rings (SSSR count). The van der Waals surface area contributed by atoms with Crippen LogP contribution in [0.4, 0.5) is 22.0 Å². The number of primary amides is 1. The highest BCUT2D eigenvalue weighted by Gasteiger charge is 2.57. The third-order valence-electron chi connectivity index (χ3n) is 8.30. The molecule has 1 saturated carbocycles. The summed E-state index contributed by atoms with van der Waals surface area (Å²) in [5.74, 6) is -1.77. The van der Waals surface area contributed by atoms with Crippen LogP contribution in [0.3, 0.4) is 0 Å². The zero-order valence-electron chi connectivity index (χ0n) is 26.2. The number of amides is 2. The Morgan fingerprint density at radius 2 is 1.88 bits per heavy atom. The lowest BCUT2D eigenvalue weighted by atomic mass is 9.93. The van der Waals surface area contributed by atoms with Crippen molar-refractivity contribution in [2.45, 2.75) is 50.6 Å². The van der Waals surface area contributed by atoms with Gasteiger partial charge >= 0.3 is 12.7 Å². The molecule has 0 bridgehead atoms. The number of halogens is 5. The van der Waals surface area contributed by atoms with Crippen LogP contribution in [0.5, 0.6) is 11.5 Å². The molecule has 0 saturated heterocycles. The first kappa shape index (κ1) is 33.6. The molecule has 0 spiro atoms. The van der Waals surface area contributed by atoms with Crippen molar-refractivity contribution >= 4 is 33.6 Å². The molecule has 16 heteroatoms. The van der Waals surface area contributed by atoms with Crippen LogP contribution in [0.25, 0.3) is 33.1 Å². The van der Waals surface area contributed by atoms with E-state index in [2.05, 4.69) is 15.4 Å². The third kappa shape index (κ3) is 6.35. The minimum atomic E-state index is -5.41. The van der Waals surface area contributed by atoms with Crippen molar-refractivity contribution in [3.8, 4) is 22.8 Å². The van der Waals surface area contributed by atoms with Crippen LogP contribution >= 0.6 is 0 Å². The van der Waals surface area contributed by atoms with Gasteiger partial charge in [-0.3, -0.25) is 18.8 Å². The summed E-state index contributed by atoms with van der Waals surface area (Å²) < 4.78 is 85.5. The molecular formula is C33H31F5N6O5. The molecule has 258 valence electrons. The Balaban J connectivity index is 1.42. The van der Waals surface area contributed by atoms with E-state index in [-0.39, 0.29) is 52.0 Å². The monoisotopic (exact) mass is 686 g/mol. The van der Waals surface area contributed by atoms with Crippen molar-refractivity contribution < 1.29 is 46.1 Å². The number of nitrogens with zero attached hydrogens (tertiary/aromatic N) is 4. The molecule has 5 aromatic rings.